The van der Waals surface area contributed by atoms with Crippen molar-refractivity contribution in [3.63, 3.8) is 0 Å². The quantitative estimate of drug-likeness (QED) is 0.730. The number of fused-ring (bicyclic) bond motifs is 1. The van der Waals surface area contributed by atoms with Crippen molar-refractivity contribution in [2.45, 2.75) is 66.7 Å². The number of rotatable bonds is 1. The number of nitrogens with zero attached hydrogens (tertiary/aromatic N) is 1. The maximum Gasteiger partial charge on any atom is 0.194 e. The van der Waals surface area contributed by atoms with Crippen LogP contribution in [-0.4, -0.2) is 4.98 Å². The van der Waals surface area contributed by atoms with Crippen molar-refractivity contribution in [3.05, 3.63) is 17.3 Å². The highest BCUT2D eigenvalue weighted by atomic mass is 16.4. The summed E-state index contributed by atoms with van der Waals surface area (Å²) in [6.07, 6.45) is 5.52. The van der Waals surface area contributed by atoms with E-state index in [4.69, 9.17) is 4.42 Å². The van der Waals surface area contributed by atoms with E-state index in [1.807, 2.05) is 0 Å². The molecule has 1 aromatic heterocycles. The van der Waals surface area contributed by atoms with Gasteiger partial charge in [-0.1, -0.05) is 34.6 Å². The fraction of sp³-hybridized carbons (Fsp3) is 0.800. The molecule has 2 heteroatoms. The first kappa shape index (κ1) is 12.7. The molecule has 2 rings (SSSR count). The lowest BCUT2D eigenvalue weighted by molar-refractivity contribution is 0.211. The van der Waals surface area contributed by atoms with Crippen LogP contribution >= 0.6 is 0 Å². The van der Waals surface area contributed by atoms with E-state index in [1.165, 1.54) is 18.5 Å². The first-order valence-electron chi connectivity index (χ1n) is 6.79. The molecule has 0 fully saturated rings. The zero-order valence-electron chi connectivity index (χ0n) is 11.9. The van der Waals surface area contributed by atoms with E-state index in [2.05, 4.69) is 39.6 Å². The first-order chi connectivity index (χ1) is 7.81. The summed E-state index contributed by atoms with van der Waals surface area (Å²) >= 11 is 0. The molecule has 0 saturated carbocycles. The van der Waals surface area contributed by atoms with Gasteiger partial charge in [-0.25, -0.2) is 4.98 Å². The fourth-order valence-corrected chi connectivity index (χ4v) is 2.61. The second kappa shape index (κ2) is 4.15. The Labute approximate surface area is 105 Å². The third kappa shape index (κ3) is 2.91. The molecule has 0 unspecified atom stereocenters. The molecule has 2 nitrogen and oxygen atoms in total. The third-order valence-corrected chi connectivity index (χ3v) is 3.89. The molecule has 0 atom stereocenters. The van der Waals surface area contributed by atoms with E-state index in [0.29, 0.717) is 10.8 Å². The first-order valence-corrected chi connectivity index (χ1v) is 6.79. The molecule has 0 radical (unpaired) electrons. The monoisotopic (exact) mass is 235 g/mol. The summed E-state index contributed by atoms with van der Waals surface area (Å²) in [4.78, 5) is 4.67. The van der Waals surface area contributed by atoms with Gasteiger partial charge in [-0.05, 0) is 30.1 Å². The Bertz CT molecular complexity index is 366. The van der Waals surface area contributed by atoms with Gasteiger partial charge in [0.25, 0.3) is 0 Å². The highest BCUT2D eigenvalue weighted by Gasteiger charge is 2.32. The topological polar surface area (TPSA) is 26.0 Å². The van der Waals surface area contributed by atoms with Crippen LogP contribution in [0.5, 0.6) is 0 Å². The number of hydrogen-bond acceptors (Lipinski definition) is 2. The summed E-state index contributed by atoms with van der Waals surface area (Å²) in [6, 6.07) is 0. The van der Waals surface area contributed by atoms with Crippen LogP contribution < -0.4 is 0 Å². The maximum atomic E-state index is 5.91. The van der Waals surface area contributed by atoms with Crippen molar-refractivity contribution in [1.82, 2.24) is 4.98 Å². The molecular formula is C15H25NO. The standard InChI is InChI=1S/C15H25NO/c1-6-13-16-11-9-14(2,3)7-8-15(4,5)10-12(11)17-13/h6-10H2,1-5H3. The number of aryl methyl sites for hydroxylation is 1. The van der Waals surface area contributed by atoms with Gasteiger partial charge < -0.3 is 4.42 Å². The van der Waals surface area contributed by atoms with E-state index in [-0.39, 0.29) is 0 Å². The Balaban J connectivity index is 2.38. The van der Waals surface area contributed by atoms with Crippen LogP contribution in [0.1, 0.15) is 64.8 Å². The van der Waals surface area contributed by atoms with Gasteiger partial charge in [0.05, 0.1) is 5.69 Å². The van der Waals surface area contributed by atoms with Gasteiger partial charge in [0.1, 0.15) is 5.76 Å². The maximum absolute atomic E-state index is 5.91. The largest absolute Gasteiger partial charge is 0.445 e. The predicted molar refractivity (Wildman–Crippen MR) is 70.1 cm³/mol. The molecule has 0 amide bonds. The van der Waals surface area contributed by atoms with Crippen molar-refractivity contribution in [2.75, 3.05) is 0 Å². The summed E-state index contributed by atoms with van der Waals surface area (Å²) in [7, 11) is 0. The zero-order valence-corrected chi connectivity index (χ0v) is 11.9. The lowest BCUT2D eigenvalue weighted by Gasteiger charge is -2.33. The normalized spacial score (nSPS) is 22.6. The minimum Gasteiger partial charge on any atom is -0.445 e. The molecule has 0 spiro atoms. The molecule has 0 aromatic carbocycles. The fourth-order valence-electron chi connectivity index (χ4n) is 2.61. The summed E-state index contributed by atoms with van der Waals surface area (Å²) < 4.78 is 5.91. The molecule has 0 aliphatic heterocycles. The van der Waals surface area contributed by atoms with Crippen LogP contribution in [0.4, 0.5) is 0 Å². The average Bonchev–Trinajstić information content (AvgIpc) is 2.56. The van der Waals surface area contributed by atoms with E-state index >= 15 is 0 Å². The van der Waals surface area contributed by atoms with Gasteiger partial charge in [-0.2, -0.15) is 0 Å². The molecule has 0 saturated heterocycles. The van der Waals surface area contributed by atoms with Crippen molar-refractivity contribution in [3.8, 4) is 0 Å². The average molecular weight is 235 g/mol. The Morgan fingerprint density at radius 2 is 1.65 bits per heavy atom. The van der Waals surface area contributed by atoms with Crippen LogP contribution in [0, 0.1) is 10.8 Å². The Morgan fingerprint density at radius 1 is 1.06 bits per heavy atom. The van der Waals surface area contributed by atoms with Gasteiger partial charge in [0, 0.05) is 12.8 Å². The van der Waals surface area contributed by atoms with E-state index in [0.717, 1.165) is 30.9 Å². The van der Waals surface area contributed by atoms with Crippen molar-refractivity contribution in [1.29, 1.82) is 0 Å². The SMILES string of the molecule is CCc1nc2c(o1)CC(C)(C)CCC(C)(C)C2. The lowest BCUT2D eigenvalue weighted by Crippen LogP contribution is -2.25. The van der Waals surface area contributed by atoms with Crippen LogP contribution in [0.25, 0.3) is 0 Å². The van der Waals surface area contributed by atoms with Crippen LogP contribution in [0.2, 0.25) is 0 Å². The minimum atomic E-state index is 0.330. The molecular weight excluding hydrogens is 210 g/mol. The highest BCUT2D eigenvalue weighted by molar-refractivity contribution is 5.15. The van der Waals surface area contributed by atoms with E-state index in [9.17, 15) is 0 Å². The molecule has 1 heterocycles. The highest BCUT2D eigenvalue weighted by Crippen LogP contribution is 2.39. The Kier molecular flexibility index (Phi) is 3.09. The molecule has 1 aliphatic rings. The van der Waals surface area contributed by atoms with Crippen molar-refractivity contribution >= 4 is 0 Å². The van der Waals surface area contributed by atoms with Crippen LogP contribution in [0.3, 0.4) is 0 Å². The number of hydrogen-bond donors (Lipinski definition) is 0. The van der Waals surface area contributed by atoms with Crippen molar-refractivity contribution in [2.24, 2.45) is 10.8 Å². The Morgan fingerprint density at radius 3 is 2.24 bits per heavy atom. The van der Waals surface area contributed by atoms with Gasteiger partial charge >= 0.3 is 0 Å². The minimum absolute atomic E-state index is 0.330. The van der Waals surface area contributed by atoms with Crippen LogP contribution in [0.15, 0.2) is 4.42 Å². The predicted octanol–water partition coefficient (Wildman–Crippen LogP) is 4.17. The lowest BCUT2D eigenvalue weighted by atomic mass is 9.72. The number of oxazole rings is 1. The molecule has 0 bridgehead atoms. The van der Waals surface area contributed by atoms with Gasteiger partial charge in [0.15, 0.2) is 5.89 Å². The Hall–Kier alpha value is -0.790. The summed E-state index contributed by atoms with van der Waals surface area (Å²) in [5.74, 6) is 2.04. The van der Waals surface area contributed by atoms with Crippen molar-refractivity contribution < 1.29 is 4.42 Å². The molecule has 0 N–H and O–H groups in total. The van der Waals surface area contributed by atoms with E-state index in [1.54, 1.807) is 0 Å². The third-order valence-electron chi connectivity index (χ3n) is 3.89. The van der Waals surface area contributed by atoms with Gasteiger partial charge in [-0.3, -0.25) is 0 Å². The van der Waals surface area contributed by atoms with E-state index < -0.39 is 0 Å². The summed E-state index contributed by atoms with van der Waals surface area (Å²) in [5, 5.41) is 0. The second-order valence-electron chi connectivity index (χ2n) is 7.01. The molecule has 1 aliphatic carbocycles. The number of aromatic nitrogens is 1. The molecule has 17 heavy (non-hydrogen) atoms. The summed E-state index contributed by atoms with van der Waals surface area (Å²) in [6.45, 7) is 11.5. The molecule has 96 valence electrons. The summed E-state index contributed by atoms with van der Waals surface area (Å²) in [5.41, 5.74) is 1.88. The van der Waals surface area contributed by atoms with Gasteiger partial charge in [0.2, 0.25) is 0 Å². The molecule has 1 aromatic rings. The van der Waals surface area contributed by atoms with Gasteiger partial charge in [-0.15, -0.1) is 0 Å². The van der Waals surface area contributed by atoms with Crippen LogP contribution in [-0.2, 0) is 19.3 Å². The second-order valence-corrected chi connectivity index (χ2v) is 7.01. The smallest absolute Gasteiger partial charge is 0.194 e. The zero-order chi connectivity index (χ0) is 12.7.